The minimum Gasteiger partial charge on any atom is -0.448 e. The zero-order valence-electron chi connectivity index (χ0n) is 14.7. The van der Waals surface area contributed by atoms with Crippen LogP contribution in [0.1, 0.15) is 33.6 Å². The molecule has 1 saturated carbocycles. The lowest BCUT2D eigenvalue weighted by atomic mass is 9.66. The number of hydrogen-bond donors (Lipinski definition) is 2. The van der Waals surface area contributed by atoms with Gasteiger partial charge in [-0.05, 0) is 38.0 Å². The number of hydrogen-bond acceptors (Lipinski definition) is 6. The zero-order chi connectivity index (χ0) is 18.7. The van der Waals surface area contributed by atoms with Crippen molar-refractivity contribution >= 4 is 27.6 Å². The molecule has 0 unspecified atom stereocenters. The van der Waals surface area contributed by atoms with E-state index < -0.39 is 38.3 Å². The number of anilines is 1. The minimum absolute atomic E-state index is 0.0352. The number of rotatable bonds is 4. The third-order valence-corrected chi connectivity index (χ3v) is 7.44. The summed E-state index contributed by atoms with van der Waals surface area (Å²) >= 11 is 0. The Morgan fingerprint density at radius 2 is 1.88 bits per heavy atom. The fourth-order valence-corrected chi connectivity index (χ4v) is 4.90. The molecule has 1 amide bonds. The molecule has 2 bridgehead atoms. The first kappa shape index (κ1) is 17.7. The van der Waals surface area contributed by atoms with Crippen LogP contribution in [-0.2, 0) is 24.3 Å². The highest BCUT2D eigenvalue weighted by atomic mass is 32.2. The number of fused-ring (bicyclic) bond motifs is 2. The molecule has 136 valence electrons. The second kappa shape index (κ2) is 5.20. The van der Waals surface area contributed by atoms with E-state index in [0.29, 0.717) is 18.5 Å². The van der Waals surface area contributed by atoms with Crippen molar-refractivity contribution in [2.24, 2.45) is 10.8 Å². The van der Waals surface area contributed by atoms with Crippen LogP contribution in [0.15, 0.2) is 29.2 Å². The molecule has 1 aromatic carbocycles. The van der Waals surface area contributed by atoms with Gasteiger partial charge in [0.2, 0.25) is 0 Å². The maximum absolute atomic E-state index is 12.9. The van der Waals surface area contributed by atoms with Crippen molar-refractivity contribution in [2.75, 3.05) is 12.4 Å². The monoisotopic (exact) mass is 366 g/mol. The van der Waals surface area contributed by atoms with E-state index in [1.54, 1.807) is 40.0 Å². The number of esters is 1. The Kier molecular flexibility index (Phi) is 3.69. The van der Waals surface area contributed by atoms with Gasteiger partial charge in [-0.3, -0.25) is 9.59 Å². The van der Waals surface area contributed by atoms with E-state index >= 15 is 0 Å². The van der Waals surface area contributed by atoms with Crippen LogP contribution in [0.2, 0.25) is 0 Å². The van der Waals surface area contributed by atoms with Crippen LogP contribution >= 0.6 is 0 Å². The average Bonchev–Trinajstić information content (AvgIpc) is 2.85. The predicted octanol–water partition coefficient (Wildman–Crippen LogP) is 1.66. The molecular weight excluding hydrogens is 344 g/mol. The Morgan fingerprint density at radius 3 is 2.40 bits per heavy atom. The van der Waals surface area contributed by atoms with Crippen LogP contribution in [-0.4, -0.2) is 32.9 Å². The highest BCUT2D eigenvalue weighted by Crippen LogP contribution is 2.65. The average molecular weight is 366 g/mol. The Bertz CT molecular complexity index is 864. The van der Waals surface area contributed by atoms with Gasteiger partial charge in [0.1, 0.15) is 0 Å². The van der Waals surface area contributed by atoms with Gasteiger partial charge in [-0.1, -0.05) is 19.9 Å². The molecular formula is C17H22N2O5S. The first-order valence-corrected chi connectivity index (χ1v) is 9.57. The van der Waals surface area contributed by atoms with E-state index in [2.05, 4.69) is 10.0 Å². The van der Waals surface area contributed by atoms with Gasteiger partial charge in [0.25, 0.3) is 15.9 Å². The molecule has 1 aromatic rings. The number of amides is 1. The quantitative estimate of drug-likeness (QED) is 0.786. The van der Waals surface area contributed by atoms with Gasteiger partial charge < -0.3 is 10.1 Å². The van der Waals surface area contributed by atoms with Crippen LogP contribution < -0.4 is 10.0 Å². The molecule has 0 radical (unpaired) electrons. The molecule has 1 heterocycles. The fraction of sp³-hybridized carbons (Fsp3) is 0.529. The number of benzene rings is 1. The van der Waals surface area contributed by atoms with Crippen LogP contribution in [0.4, 0.5) is 5.69 Å². The van der Waals surface area contributed by atoms with E-state index in [0.717, 1.165) is 0 Å². The topological polar surface area (TPSA) is 102 Å². The smallest absolute Gasteiger partial charge is 0.313 e. The standard InChI is InChI=1S/C17H22N2O5S/c1-15(2)16(3)8-9-17(15,24-14(16)21)13(20)19-25(22,23)12-7-5-6-11(10-12)18-4/h5-7,10,18H,8-9H2,1-4H3,(H,19,20)/t16-,17+/m0/s1. The summed E-state index contributed by atoms with van der Waals surface area (Å²) < 4.78 is 32.8. The molecule has 1 aliphatic heterocycles. The molecule has 8 heteroatoms. The molecule has 0 spiro atoms. The Hall–Kier alpha value is -2.09. The van der Waals surface area contributed by atoms with Crippen molar-refractivity contribution in [3.8, 4) is 0 Å². The first-order valence-electron chi connectivity index (χ1n) is 8.09. The number of carbonyl (C=O) groups is 2. The first-order chi connectivity index (χ1) is 11.5. The number of ether oxygens (including phenoxy) is 1. The molecule has 2 N–H and O–H groups in total. The van der Waals surface area contributed by atoms with Crippen LogP contribution in [0.3, 0.4) is 0 Å². The summed E-state index contributed by atoms with van der Waals surface area (Å²) in [5, 5.41) is 2.85. The molecule has 3 rings (SSSR count). The minimum atomic E-state index is -4.08. The summed E-state index contributed by atoms with van der Waals surface area (Å²) in [4.78, 5) is 25.1. The molecule has 7 nitrogen and oxygen atoms in total. The van der Waals surface area contributed by atoms with Crippen molar-refractivity contribution in [3.05, 3.63) is 24.3 Å². The predicted molar refractivity (Wildman–Crippen MR) is 91.3 cm³/mol. The summed E-state index contributed by atoms with van der Waals surface area (Å²) in [5.74, 6) is -1.24. The summed E-state index contributed by atoms with van der Waals surface area (Å²) in [6.07, 6.45) is 0.793. The van der Waals surface area contributed by atoms with E-state index in [1.165, 1.54) is 12.1 Å². The Morgan fingerprint density at radius 1 is 1.20 bits per heavy atom. The van der Waals surface area contributed by atoms with Crippen molar-refractivity contribution in [1.29, 1.82) is 0 Å². The second-order valence-corrected chi connectivity index (χ2v) is 9.07. The fourth-order valence-electron chi connectivity index (χ4n) is 3.83. The maximum Gasteiger partial charge on any atom is 0.313 e. The lowest BCUT2D eigenvalue weighted by molar-refractivity contribution is -0.167. The van der Waals surface area contributed by atoms with Gasteiger partial charge in [0.05, 0.1) is 10.3 Å². The van der Waals surface area contributed by atoms with Gasteiger partial charge in [-0.2, -0.15) is 0 Å². The van der Waals surface area contributed by atoms with E-state index in [1.807, 2.05) is 0 Å². The number of carbonyl (C=O) groups excluding carboxylic acids is 2. The summed E-state index contributed by atoms with van der Waals surface area (Å²) in [6, 6.07) is 6.12. The summed E-state index contributed by atoms with van der Waals surface area (Å²) in [7, 11) is -2.41. The van der Waals surface area contributed by atoms with Gasteiger partial charge in [-0.25, -0.2) is 13.1 Å². The summed E-state index contributed by atoms with van der Waals surface area (Å²) in [5.41, 5.74) is -2.45. The van der Waals surface area contributed by atoms with Crippen molar-refractivity contribution in [3.63, 3.8) is 0 Å². The number of sulfonamides is 1. The zero-order valence-corrected chi connectivity index (χ0v) is 15.5. The maximum atomic E-state index is 12.9. The van der Waals surface area contributed by atoms with Crippen molar-refractivity contribution in [1.82, 2.24) is 4.72 Å². The molecule has 0 aromatic heterocycles. The van der Waals surface area contributed by atoms with E-state index in [4.69, 9.17) is 4.74 Å². The van der Waals surface area contributed by atoms with Gasteiger partial charge in [0.15, 0.2) is 5.60 Å². The molecule has 1 saturated heterocycles. The SMILES string of the molecule is CNc1cccc(S(=O)(=O)NC(=O)[C@@]23CC[C@@](C)(C(=O)O2)C3(C)C)c1. The Balaban J connectivity index is 1.93. The number of nitrogens with one attached hydrogen (secondary N) is 2. The van der Waals surface area contributed by atoms with Gasteiger partial charge in [0, 0.05) is 18.2 Å². The molecule has 2 atom stereocenters. The van der Waals surface area contributed by atoms with Gasteiger partial charge in [-0.15, -0.1) is 0 Å². The van der Waals surface area contributed by atoms with Crippen LogP contribution in [0.5, 0.6) is 0 Å². The van der Waals surface area contributed by atoms with Gasteiger partial charge >= 0.3 is 5.97 Å². The molecule has 2 aliphatic rings. The third kappa shape index (κ3) is 2.19. The molecule has 2 fully saturated rings. The van der Waals surface area contributed by atoms with Crippen LogP contribution in [0.25, 0.3) is 0 Å². The van der Waals surface area contributed by atoms with Crippen molar-refractivity contribution < 1.29 is 22.7 Å². The van der Waals surface area contributed by atoms with Crippen LogP contribution in [0, 0.1) is 10.8 Å². The summed E-state index contributed by atoms with van der Waals surface area (Å²) in [6.45, 7) is 5.32. The third-order valence-electron chi connectivity index (χ3n) is 6.11. The molecule has 1 aliphatic carbocycles. The largest absolute Gasteiger partial charge is 0.448 e. The Labute approximate surface area is 147 Å². The highest BCUT2D eigenvalue weighted by molar-refractivity contribution is 7.90. The lowest BCUT2D eigenvalue weighted by Crippen LogP contribution is -2.54. The molecule has 25 heavy (non-hydrogen) atoms. The normalized spacial score (nSPS) is 30.0. The lowest BCUT2D eigenvalue weighted by Gasteiger charge is -2.35. The van der Waals surface area contributed by atoms with Crippen molar-refractivity contribution in [2.45, 2.75) is 44.1 Å². The second-order valence-electron chi connectivity index (χ2n) is 7.39. The highest BCUT2D eigenvalue weighted by Gasteiger charge is 2.75. The van der Waals surface area contributed by atoms with E-state index in [9.17, 15) is 18.0 Å². The van der Waals surface area contributed by atoms with E-state index in [-0.39, 0.29) is 4.90 Å².